The fourth-order valence-electron chi connectivity index (χ4n) is 1.35. The van der Waals surface area contributed by atoms with Gasteiger partial charge in [0.2, 0.25) is 10.0 Å². The Bertz CT molecular complexity index is 527. The molecule has 3 N–H and O–H groups in total. The van der Waals surface area contributed by atoms with Crippen LogP contribution in [-0.2, 0) is 10.0 Å². The van der Waals surface area contributed by atoms with Crippen LogP contribution < -0.4 is 10.5 Å². The van der Waals surface area contributed by atoms with Gasteiger partial charge in [0.05, 0.1) is 10.7 Å². The molecule has 0 unspecified atom stereocenters. The van der Waals surface area contributed by atoms with Crippen LogP contribution in [0.2, 0.25) is 0 Å². The first-order valence-electron chi connectivity index (χ1n) is 4.79. The average molecular weight is 259 g/mol. The van der Waals surface area contributed by atoms with Crippen LogP contribution >= 0.6 is 0 Å². The molecule has 1 rings (SSSR count). The summed E-state index contributed by atoms with van der Waals surface area (Å²) >= 11 is 0. The molecule has 8 heteroatoms. The summed E-state index contributed by atoms with van der Waals surface area (Å²) in [5, 5.41) is 18.3. The summed E-state index contributed by atoms with van der Waals surface area (Å²) in [6, 6.07) is 4.62. The maximum absolute atomic E-state index is 10.8. The van der Waals surface area contributed by atoms with Gasteiger partial charge in [-0.25, -0.2) is 13.6 Å². The fraction of sp³-hybridized carbons (Fsp3) is 0.333. The van der Waals surface area contributed by atoms with E-state index >= 15 is 0 Å². The van der Waals surface area contributed by atoms with Crippen LogP contribution in [0.25, 0.3) is 0 Å². The third-order valence-corrected chi connectivity index (χ3v) is 2.91. The first-order valence-corrected chi connectivity index (χ1v) is 6.51. The van der Waals surface area contributed by atoms with Crippen molar-refractivity contribution >= 4 is 21.4 Å². The molecule has 0 radical (unpaired) electrons. The highest BCUT2D eigenvalue weighted by molar-refractivity contribution is 7.89. The van der Waals surface area contributed by atoms with Gasteiger partial charge in [-0.15, -0.1) is 0 Å². The Morgan fingerprint density at radius 3 is 2.65 bits per heavy atom. The van der Waals surface area contributed by atoms with Gasteiger partial charge in [0.1, 0.15) is 5.69 Å². The SMILES string of the molecule is Cc1cccc([N+](=O)[O-])c1NCCS(N)(=O)=O. The van der Waals surface area contributed by atoms with Gasteiger partial charge in [-0.3, -0.25) is 10.1 Å². The Morgan fingerprint density at radius 1 is 1.47 bits per heavy atom. The number of hydrogen-bond donors (Lipinski definition) is 2. The molecule has 17 heavy (non-hydrogen) atoms. The minimum atomic E-state index is -3.57. The van der Waals surface area contributed by atoms with Crippen molar-refractivity contribution in [2.45, 2.75) is 6.92 Å². The number of primary sulfonamides is 1. The molecule has 0 amide bonds. The lowest BCUT2D eigenvalue weighted by Crippen LogP contribution is -2.22. The summed E-state index contributed by atoms with van der Waals surface area (Å²) in [7, 11) is -3.57. The maximum atomic E-state index is 10.8. The van der Waals surface area contributed by atoms with Gasteiger partial charge >= 0.3 is 0 Å². The van der Waals surface area contributed by atoms with E-state index in [0.717, 1.165) is 0 Å². The van der Waals surface area contributed by atoms with Gasteiger partial charge in [0.25, 0.3) is 5.69 Å². The number of rotatable bonds is 5. The van der Waals surface area contributed by atoms with E-state index in [9.17, 15) is 18.5 Å². The lowest BCUT2D eigenvalue weighted by Gasteiger charge is -2.08. The monoisotopic (exact) mass is 259 g/mol. The fourth-order valence-corrected chi connectivity index (χ4v) is 1.74. The molecule has 0 heterocycles. The van der Waals surface area contributed by atoms with Crippen molar-refractivity contribution in [3.63, 3.8) is 0 Å². The third kappa shape index (κ3) is 4.00. The summed E-state index contributed by atoms with van der Waals surface area (Å²) in [6.07, 6.45) is 0. The summed E-state index contributed by atoms with van der Waals surface area (Å²) < 4.78 is 21.5. The largest absolute Gasteiger partial charge is 0.378 e. The molecule has 1 aromatic rings. The number of nitro groups is 1. The number of sulfonamides is 1. The topological polar surface area (TPSA) is 115 Å². The smallest absolute Gasteiger partial charge is 0.292 e. The maximum Gasteiger partial charge on any atom is 0.292 e. The molecule has 0 atom stereocenters. The average Bonchev–Trinajstić information content (AvgIpc) is 2.18. The summed E-state index contributed by atoms with van der Waals surface area (Å²) in [6.45, 7) is 1.73. The molecule has 0 aliphatic rings. The molecule has 0 spiro atoms. The zero-order valence-electron chi connectivity index (χ0n) is 9.21. The molecular formula is C9H13N3O4S. The molecule has 0 saturated heterocycles. The molecule has 0 aromatic heterocycles. The Labute approximate surface area is 98.8 Å². The Hall–Kier alpha value is -1.67. The molecule has 0 aliphatic heterocycles. The normalized spacial score (nSPS) is 11.2. The van der Waals surface area contributed by atoms with Crippen LogP contribution in [0.5, 0.6) is 0 Å². The lowest BCUT2D eigenvalue weighted by atomic mass is 10.1. The Kier molecular flexibility index (Phi) is 4.02. The van der Waals surface area contributed by atoms with Gasteiger partial charge < -0.3 is 5.32 Å². The van der Waals surface area contributed by atoms with Crippen LogP contribution in [-0.4, -0.2) is 25.6 Å². The van der Waals surface area contributed by atoms with Crippen molar-refractivity contribution in [2.24, 2.45) is 5.14 Å². The number of aryl methyl sites for hydroxylation is 1. The van der Waals surface area contributed by atoms with Crippen LogP contribution in [0.3, 0.4) is 0 Å². The molecular weight excluding hydrogens is 246 g/mol. The highest BCUT2D eigenvalue weighted by atomic mass is 32.2. The van der Waals surface area contributed by atoms with E-state index in [2.05, 4.69) is 5.32 Å². The minimum absolute atomic E-state index is 0.0323. The first kappa shape index (κ1) is 13.4. The number of nitrogens with two attached hydrogens (primary N) is 1. The van der Waals surface area contributed by atoms with Crippen LogP contribution in [0, 0.1) is 17.0 Å². The van der Waals surface area contributed by atoms with Gasteiger partial charge in [0.15, 0.2) is 0 Å². The predicted octanol–water partition coefficient (Wildman–Crippen LogP) is 0.604. The molecule has 0 aliphatic carbocycles. The number of nitro benzene ring substituents is 1. The van der Waals surface area contributed by atoms with E-state index in [0.29, 0.717) is 11.3 Å². The zero-order valence-corrected chi connectivity index (χ0v) is 10.0. The second kappa shape index (κ2) is 5.11. The number of anilines is 1. The van der Waals surface area contributed by atoms with E-state index in [1.165, 1.54) is 6.07 Å². The van der Waals surface area contributed by atoms with Crippen LogP contribution in [0.15, 0.2) is 18.2 Å². The Morgan fingerprint density at radius 2 is 2.12 bits per heavy atom. The molecule has 7 nitrogen and oxygen atoms in total. The molecule has 0 bridgehead atoms. The van der Waals surface area contributed by atoms with Crippen molar-refractivity contribution in [1.29, 1.82) is 0 Å². The van der Waals surface area contributed by atoms with Gasteiger partial charge in [-0.1, -0.05) is 12.1 Å². The molecule has 1 aromatic carbocycles. The number of benzene rings is 1. The Balaban J connectivity index is 2.86. The number of hydrogen-bond acceptors (Lipinski definition) is 5. The van der Waals surface area contributed by atoms with Crippen molar-refractivity contribution in [2.75, 3.05) is 17.6 Å². The van der Waals surface area contributed by atoms with Crippen molar-refractivity contribution < 1.29 is 13.3 Å². The van der Waals surface area contributed by atoms with E-state index in [1.807, 2.05) is 0 Å². The van der Waals surface area contributed by atoms with Crippen LogP contribution in [0.1, 0.15) is 5.56 Å². The second-order valence-electron chi connectivity index (χ2n) is 3.52. The molecule has 0 saturated carbocycles. The standard InChI is InChI=1S/C9H13N3O4S/c1-7-3-2-4-8(12(13)14)9(7)11-5-6-17(10,15)16/h2-4,11H,5-6H2,1H3,(H2,10,15,16). The predicted molar refractivity (Wildman–Crippen MR) is 64.3 cm³/mol. The first-order chi connectivity index (χ1) is 7.81. The van der Waals surface area contributed by atoms with Crippen molar-refractivity contribution in [3.8, 4) is 0 Å². The van der Waals surface area contributed by atoms with Crippen LogP contribution in [0.4, 0.5) is 11.4 Å². The van der Waals surface area contributed by atoms with Gasteiger partial charge in [0, 0.05) is 12.6 Å². The summed E-state index contributed by atoms with van der Waals surface area (Å²) in [5.41, 5.74) is 0.911. The number of nitrogens with one attached hydrogen (secondary N) is 1. The quantitative estimate of drug-likeness (QED) is 0.593. The summed E-state index contributed by atoms with van der Waals surface area (Å²) in [5.74, 6) is -0.279. The van der Waals surface area contributed by atoms with E-state index in [1.54, 1.807) is 19.1 Å². The zero-order chi connectivity index (χ0) is 13.1. The molecule has 0 fully saturated rings. The van der Waals surface area contributed by atoms with E-state index in [-0.39, 0.29) is 18.0 Å². The minimum Gasteiger partial charge on any atom is -0.378 e. The lowest BCUT2D eigenvalue weighted by molar-refractivity contribution is -0.384. The second-order valence-corrected chi connectivity index (χ2v) is 5.25. The van der Waals surface area contributed by atoms with E-state index < -0.39 is 14.9 Å². The third-order valence-electron chi connectivity index (χ3n) is 2.14. The van der Waals surface area contributed by atoms with Crippen molar-refractivity contribution in [1.82, 2.24) is 0 Å². The van der Waals surface area contributed by atoms with E-state index in [4.69, 9.17) is 5.14 Å². The molecule has 94 valence electrons. The number of para-hydroxylation sites is 1. The van der Waals surface area contributed by atoms with Crippen molar-refractivity contribution in [3.05, 3.63) is 33.9 Å². The van der Waals surface area contributed by atoms with Gasteiger partial charge in [-0.05, 0) is 12.5 Å². The van der Waals surface area contributed by atoms with Gasteiger partial charge in [-0.2, -0.15) is 0 Å². The summed E-state index contributed by atoms with van der Waals surface area (Å²) in [4.78, 5) is 10.2. The highest BCUT2D eigenvalue weighted by Crippen LogP contribution is 2.27. The number of nitrogens with zero attached hydrogens (tertiary/aromatic N) is 1. The highest BCUT2D eigenvalue weighted by Gasteiger charge is 2.15.